The van der Waals surface area contributed by atoms with Crippen molar-refractivity contribution >= 4 is 11.9 Å². The SMILES string of the molecule is CC1(C)CN(C(=O)[C@@H]2CCC[C@@H]2C(=O)O)CC(C)(C)O1. The van der Waals surface area contributed by atoms with Gasteiger partial charge < -0.3 is 14.7 Å². The van der Waals surface area contributed by atoms with Gasteiger partial charge in [-0.2, -0.15) is 0 Å². The van der Waals surface area contributed by atoms with E-state index >= 15 is 0 Å². The molecule has 1 aliphatic carbocycles. The van der Waals surface area contributed by atoms with Crippen LogP contribution in [0.3, 0.4) is 0 Å². The maximum absolute atomic E-state index is 12.7. The fourth-order valence-corrected chi connectivity index (χ4v) is 3.73. The summed E-state index contributed by atoms with van der Waals surface area (Å²) in [5.74, 6) is -1.74. The topological polar surface area (TPSA) is 66.8 Å². The summed E-state index contributed by atoms with van der Waals surface area (Å²) in [7, 11) is 0. The first-order valence-corrected chi connectivity index (χ1v) is 7.33. The smallest absolute Gasteiger partial charge is 0.307 e. The monoisotopic (exact) mass is 283 g/mol. The lowest BCUT2D eigenvalue weighted by Gasteiger charge is -2.47. The van der Waals surface area contributed by atoms with Crippen LogP contribution in [0.2, 0.25) is 0 Å². The van der Waals surface area contributed by atoms with Gasteiger partial charge in [-0.1, -0.05) is 6.42 Å². The Labute approximate surface area is 120 Å². The van der Waals surface area contributed by atoms with Gasteiger partial charge in [0.1, 0.15) is 0 Å². The third-order valence-corrected chi connectivity index (χ3v) is 4.16. The van der Waals surface area contributed by atoms with Gasteiger partial charge in [-0.15, -0.1) is 0 Å². The van der Waals surface area contributed by atoms with Crippen LogP contribution in [-0.2, 0) is 14.3 Å². The number of aliphatic carboxylic acids is 1. The van der Waals surface area contributed by atoms with E-state index < -0.39 is 23.1 Å². The Morgan fingerprint density at radius 2 is 1.55 bits per heavy atom. The second-order valence-corrected chi connectivity index (χ2v) is 7.30. The maximum Gasteiger partial charge on any atom is 0.307 e. The zero-order valence-corrected chi connectivity index (χ0v) is 12.8. The summed E-state index contributed by atoms with van der Waals surface area (Å²) in [6, 6.07) is 0. The lowest BCUT2D eigenvalue weighted by atomic mass is 9.92. The van der Waals surface area contributed by atoms with Crippen molar-refractivity contribution in [1.82, 2.24) is 4.90 Å². The molecular weight excluding hydrogens is 258 g/mol. The van der Waals surface area contributed by atoms with Gasteiger partial charge in [-0.25, -0.2) is 0 Å². The average Bonchev–Trinajstić information content (AvgIpc) is 2.72. The van der Waals surface area contributed by atoms with Crippen LogP contribution in [0.5, 0.6) is 0 Å². The van der Waals surface area contributed by atoms with Gasteiger partial charge in [-0.05, 0) is 40.5 Å². The number of hydrogen-bond donors (Lipinski definition) is 1. The lowest BCUT2D eigenvalue weighted by molar-refractivity contribution is -0.191. The Morgan fingerprint density at radius 1 is 1.05 bits per heavy atom. The number of amides is 1. The van der Waals surface area contributed by atoms with Crippen LogP contribution < -0.4 is 0 Å². The number of carboxylic acids is 1. The average molecular weight is 283 g/mol. The molecule has 0 aromatic heterocycles. The number of hydrogen-bond acceptors (Lipinski definition) is 3. The quantitative estimate of drug-likeness (QED) is 0.840. The molecule has 0 aromatic rings. The molecule has 0 unspecified atom stereocenters. The van der Waals surface area contributed by atoms with Crippen molar-refractivity contribution in [2.24, 2.45) is 11.8 Å². The number of carbonyl (C=O) groups is 2. The highest BCUT2D eigenvalue weighted by molar-refractivity contribution is 5.85. The summed E-state index contributed by atoms with van der Waals surface area (Å²) in [4.78, 5) is 25.8. The van der Waals surface area contributed by atoms with Gasteiger partial charge in [0.05, 0.1) is 23.0 Å². The molecule has 1 amide bonds. The van der Waals surface area contributed by atoms with Crippen molar-refractivity contribution < 1.29 is 19.4 Å². The standard InChI is InChI=1S/C15H25NO4/c1-14(2)8-16(9-15(3,4)20-14)12(17)10-6-5-7-11(10)13(18)19/h10-11H,5-9H2,1-4H3,(H,18,19)/t10-,11+/m1/s1. The molecule has 0 bridgehead atoms. The normalized spacial score (nSPS) is 32.1. The van der Waals surface area contributed by atoms with E-state index in [0.717, 1.165) is 6.42 Å². The summed E-state index contributed by atoms with van der Waals surface area (Å²) < 4.78 is 5.97. The molecule has 2 fully saturated rings. The highest BCUT2D eigenvalue weighted by Crippen LogP contribution is 2.36. The summed E-state index contributed by atoms with van der Waals surface area (Å²) >= 11 is 0. The molecule has 5 heteroatoms. The first-order valence-electron chi connectivity index (χ1n) is 7.33. The predicted octanol–water partition coefficient (Wildman–Crippen LogP) is 1.90. The van der Waals surface area contributed by atoms with Crippen molar-refractivity contribution in [3.05, 3.63) is 0 Å². The minimum absolute atomic E-state index is 0.0145. The van der Waals surface area contributed by atoms with Crippen LogP contribution in [0.25, 0.3) is 0 Å². The fourth-order valence-electron chi connectivity index (χ4n) is 3.73. The van der Waals surface area contributed by atoms with E-state index in [-0.39, 0.29) is 11.8 Å². The Hall–Kier alpha value is -1.10. The van der Waals surface area contributed by atoms with E-state index in [1.165, 1.54) is 0 Å². The molecule has 5 nitrogen and oxygen atoms in total. The van der Waals surface area contributed by atoms with Gasteiger partial charge in [0.2, 0.25) is 5.91 Å². The van der Waals surface area contributed by atoms with Crippen molar-refractivity contribution in [2.75, 3.05) is 13.1 Å². The Morgan fingerprint density at radius 3 is 2.05 bits per heavy atom. The molecule has 2 aliphatic rings. The predicted molar refractivity (Wildman–Crippen MR) is 74.3 cm³/mol. The van der Waals surface area contributed by atoms with Gasteiger partial charge in [0.25, 0.3) is 0 Å². The second kappa shape index (κ2) is 5.02. The van der Waals surface area contributed by atoms with E-state index in [2.05, 4.69) is 0 Å². The zero-order valence-electron chi connectivity index (χ0n) is 12.8. The van der Waals surface area contributed by atoms with Crippen LogP contribution in [0.15, 0.2) is 0 Å². The van der Waals surface area contributed by atoms with Gasteiger partial charge in [0, 0.05) is 13.1 Å². The number of nitrogens with zero attached hydrogens (tertiary/aromatic N) is 1. The van der Waals surface area contributed by atoms with E-state index in [9.17, 15) is 14.7 Å². The highest BCUT2D eigenvalue weighted by atomic mass is 16.5. The van der Waals surface area contributed by atoms with Crippen molar-refractivity contribution in [2.45, 2.75) is 58.2 Å². The molecule has 1 aliphatic heterocycles. The molecule has 114 valence electrons. The van der Waals surface area contributed by atoms with Crippen LogP contribution in [0.4, 0.5) is 0 Å². The molecule has 0 aromatic carbocycles. The van der Waals surface area contributed by atoms with Gasteiger partial charge >= 0.3 is 5.97 Å². The molecule has 0 spiro atoms. The number of ether oxygens (including phenoxy) is 1. The van der Waals surface area contributed by atoms with E-state index in [1.54, 1.807) is 4.90 Å². The Kier molecular flexibility index (Phi) is 3.84. The van der Waals surface area contributed by atoms with Crippen LogP contribution in [0.1, 0.15) is 47.0 Å². The maximum atomic E-state index is 12.7. The number of morpholine rings is 1. The largest absolute Gasteiger partial charge is 0.481 e. The number of rotatable bonds is 2. The first-order chi connectivity index (χ1) is 9.11. The van der Waals surface area contributed by atoms with Crippen molar-refractivity contribution in [3.63, 3.8) is 0 Å². The van der Waals surface area contributed by atoms with Crippen LogP contribution >= 0.6 is 0 Å². The van der Waals surface area contributed by atoms with E-state index in [1.807, 2.05) is 27.7 Å². The molecule has 1 N–H and O–H groups in total. The molecule has 20 heavy (non-hydrogen) atoms. The second-order valence-electron chi connectivity index (χ2n) is 7.30. The molecule has 1 heterocycles. The van der Waals surface area contributed by atoms with Gasteiger partial charge in [-0.3, -0.25) is 9.59 Å². The van der Waals surface area contributed by atoms with Crippen LogP contribution in [-0.4, -0.2) is 46.2 Å². The number of carboxylic acid groups (broad SMARTS) is 1. The van der Waals surface area contributed by atoms with Crippen molar-refractivity contribution in [1.29, 1.82) is 0 Å². The van der Waals surface area contributed by atoms with E-state index in [0.29, 0.717) is 25.9 Å². The fraction of sp³-hybridized carbons (Fsp3) is 0.867. The minimum atomic E-state index is -0.840. The molecule has 0 radical (unpaired) electrons. The third-order valence-electron chi connectivity index (χ3n) is 4.16. The summed E-state index contributed by atoms with van der Waals surface area (Å²) in [6.45, 7) is 8.93. The minimum Gasteiger partial charge on any atom is -0.481 e. The molecule has 1 saturated carbocycles. The molecular formula is C15H25NO4. The van der Waals surface area contributed by atoms with E-state index in [4.69, 9.17) is 4.74 Å². The first kappa shape index (κ1) is 15.3. The lowest BCUT2D eigenvalue weighted by Crippen LogP contribution is -2.59. The van der Waals surface area contributed by atoms with Crippen LogP contribution in [0, 0.1) is 11.8 Å². The summed E-state index contributed by atoms with van der Waals surface area (Å²) in [5.41, 5.74) is -0.788. The molecule has 2 rings (SSSR count). The Balaban J connectivity index is 2.14. The van der Waals surface area contributed by atoms with Crippen molar-refractivity contribution in [3.8, 4) is 0 Å². The Bertz CT molecular complexity index is 400. The number of carbonyl (C=O) groups excluding carboxylic acids is 1. The third kappa shape index (κ3) is 3.14. The highest BCUT2D eigenvalue weighted by Gasteiger charge is 2.45. The molecule has 1 saturated heterocycles. The summed E-state index contributed by atoms with van der Waals surface area (Å²) in [6.07, 6.45) is 2.13. The van der Waals surface area contributed by atoms with Gasteiger partial charge in [0.15, 0.2) is 0 Å². The zero-order chi connectivity index (χ0) is 15.1. The molecule has 2 atom stereocenters. The summed E-state index contributed by atoms with van der Waals surface area (Å²) in [5, 5.41) is 9.24.